The molecule has 1 fully saturated rings. The van der Waals surface area contributed by atoms with Crippen LogP contribution in [0.3, 0.4) is 0 Å². The topological polar surface area (TPSA) is 43.4 Å². The van der Waals surface area contributed by atoms with Crippen LogP contribution in [-0.4, -0.2) is 31.8 Å². The Hall–Kier alpha value is -1.81. The molecule has 4 heteroatoms. The van der Waals surface area contributed by atoms with Crippen molar-refractivity contribution in [2.24, 2.45) is 5.92 Å². The minimum Gasteiger partial charge on any atom is -0.497 e. The highest BCUT2D eigenvalue weighted by molar-refractivity contribution is 5.87. The molecule has 0 radical (unpaired) electrons. The molecule has 1 aliphatic heterocycles. The number of ether oxygens (including phenoxy) is 2. The van der Waals surface area contributed by atoms with E-state index in [1.54, 1.807) is 13.3 Å². The van der Waals surface area contributed by atoms with Crippen LogP contribution in [0.15, 0.2) is 30.5 Å². The molecule has 0 spiro atoms. The number of rotatable bonds is 4. The molecule has 0 saturated carbocycles. The Bertz CT molecular complexity index is 565. The lowest BCUT2D eigenvalue weighted by atomic mass is 10.1. The van der Waals surface area contributed by atoms with Crippen LogP contribution in [0.25, 0.3) is 10.8 Å². The molecule has 4 nitrogen and oxygen atoms in total. The lowest BCUT2D eigenvalue weighted by Crippen LogP contribution is -2.15. The monoisotopic (exact) mass is 258 g/mol. The first kappa shape index (κ1) is 12.2. The molecule has 1 atom stereocenters. The molecule has 2 heterocycles. The lowest BCUT2D eigenvalue weighted by molar-refractivity contribution is 0.254. The second-order valence-corrected chi connectivity index (χ2v) is 4.87. The summed E-state index contributed by atoms with van der Waals surface area (Å²) in [6, 6.07) is 7.94. The number of pyridine rings is 1. The molecule has 0 bridgehead atoms. The number of nitrogens with one attached hydrogen (secondary N) is 1. The van der Waals surface area contributed by atoms with Crippen LogP contribution in [0.1, 0.15) is 6.42 Å². The molecule has 19 heavy (non-hydrogen) atoms. The highest BCUT2D eigenvalue weighted by Gasteiger charge is 2.16. The van der Waals surface area contributed by atoms with Gasteiger partial charge in [0.15, 0.2) is 0 Å². The predicted molar refractivity (Wildman–Crippen MR) is 74.8 cm³/mol. The molecule has 100 valence electrons. The van der Waals surface area contributed by atoms with Gasteiger partial charge in [0.1, 0.15) is 5.75 Å². The van der Waals surface area contributed by atoms with Gasteiger partial charge in [-0.2, -0.15) is 0 Å². The molecule has 1 aromatic carbocycles. The van der Waals surface area contributed by atoms with Crippen LogP contribution in [-0.2, 0) is 0 Å². The number of aromatic nitrogens is 1. The Morgan fingerprint density at radius 3 is 3.11 bits per heavy atom. The Labute approximate surface area is 112 Å². The third-order valence-corrected chi connectivity index (χ3v) is 3.55. The molecule has 3 rings (SSSR count). The van der Waals surface area contributed by atoms with Gasteiger partial charge in [0, 0.05) is 24.0 Å². The summed E-state index contributed by atoms with van der Waals surface area (Å²) in [6.45, 7) is 2.84. The molecule has 2 aromatic rings. The quantitative estimate of drug-likeness (QED) is 0.913. The Morgan fingerprint density at radius 1 is 1.37 bits per heavy atom. The highest BCUT2D eigenvalue weighted by Crippen LogP contribution is 2.27. The van der Waals surface area contributed by atoms with Gasteiger partial charge in [-0.25, -0.2) is 4.98 Å². The number of hydrogen-bond donors (Lipinski definition) is 1. The molecule has 0 amide bonds. The molecule has 1 saturated heterocycles. The smallest absolute Gasteiger partial charge is 0.221 e. The zero-order valence-electron chi connectivity index (χ0n) is 11.1. The average Bonchev–Trinajstić information content (AvgIpc) is 2.97. The summed E-state index contributed by atoms with van der Waals surface area (Å²) in [5, 5.41) is 5.47. The van der Waals surface area contributed by atoms with Crippen LogP contribution in [0.2, 0.25) is 0 Å². The summed E-state index contributed by atoms with van der Waals surface area (Å²) in [6.07, 6.45) is 2.96. The van der Waals surface area contributed by atoms with Crippen LogP contribution in [0.5, 0.6) is 11.6 Å². The van der Waals surface area contributed by atoms with E-state index >= 15 is 0 Å². The Balaban J connectivity index is 1.84. The Kier molecular flexibility index (Phi) is 3.51. The molecular formula is C15H18N2O2. The van der Waals surface area contributed by atoms with Gasteiger partial charge in [-0.15, -0.1) is 0 Å². The summed E-state index contributed by atoms with van der Waals surface area (Å²) in [4.78, 5) is 4.35. The van der Waals surface area contributed by atoms with Crippen molar-refractivity contribution in [3.05, 3.63) is 30.5 Å². The number of nitrogens with zero attached hydrogens (tertiary/aromatic N) is 1. The number of benzene rings is 1. The van der Waals surface area contributed by atoms with Crippen LogP contribution >= 0.6 is 0 Å². The fraction of sp³-hybridized carbons (Fsp3) is 0.400. The van der Waals surface area contributed by atoms with E-state index in [2.05, 4.69) is 10.3 Å². The van der Waals surface area contributed by atoms with Gasteiger partial charge in [0.05, 0.1) is 13.7 Å². The largest absolute Gasteiger partial charge is 0.497 e. The third-order valence-electron chi connectivity index (χ3n) is 3.55. The lowest BCUT2D eigenvalue weighted by Gasteiger charge is -2.12. The first-order valence-electron chi connectivity index (χ1n) is 6.63. The van der Waals surface area contributed by atoms with Gasteiger partial charge in [-0.05, 0) is 36.6 Å². The normalized spacial score (nSPS) is 18.7. The molecule has 1 aliphatic rings. The van der Waals surface area contributed by atoms with Crippen LogP contribution < -0.4 is 14.8 Å². The molecule has 1 aromatic heterocycles. The maximum Gasteiger partial charge on any atom is 0.221 e. The van der Waals surface area contributed by atoms with Crippen LogP contribution in [0.4, 0.5) is 0 Å². The van der Waals surface area contributed by atoms with Gasteiger partial charge >= 0.3 is 0 Å². The zero-order valence-corrected chi connectivity index (χ0v) is 11.1. The van der Waals surface area contributed by atoms with Crippen molar-refractivity contribution in [3.63, 3.8) is 0 Å². The van der Waals surface area contributed by atoms with Crippen molar-refractivity contribution in [3.8, 4) is 11.6 Å². The summed E-state index contributed by atoms with van der Waals surface area (Å²) < 4.78 is 11.2. The first-order valence-corrected chi connectivity index (χ1v) is 6.63. The van der Waals surface area contributed by atoms with E-state index in [0.717, 1.165) is 36.2 Å². The van der Waals surface area contributed by atoms with E-state index in [4.69, 9.17) is 9.47 Å². The fourth-order valence-electron chi connectivity index (χ4n) is 2.42. The average molecular weight is 258 g/mol. The Morgan fingerprint density at radius 2 is 2.32 bits per heavy atom. The molecule has 1 N–H and O–H groups in total. The minimum atomic E-state index is 0.586. The van der Waals surface area contributed by atoms with E-state index in [9.17, 15) is 0 Å². The maximum absolute atomic E-state index is 5.90. The van der Waals surface area contributed by atoms with Crippen molar-refractivity contribution in [1.29, 1.82) is 0 Å². The van der Waals surface area contributed by atoms with Crippen molar-refractivity contribution < 1.29 is 9.47 Å². The number of fused-ring (bicyclic) bond motifs is 1. The zero-order chi connectivity index (χ0) is 13.1. The standard InChI is InChI=1S/C15H18N2O2/c1-18-13-3-2-12-5-7-17-15(14(12)8-13)19-10-11-4-6-16-9-11/h2-3,5,7-8,11,16H,4,6,9-10H2,1H3. The molecule has 0 aliphatic carbocycles. The predicted octanol–water partition coefficient (Wildman–Crippen LogP) is 2.23. The second-order valence-electron chi connectivity index (χ2n) is 4.87. The van der Waals surface area contributed by atoms with Gasteiger partial charge in [-0.1, -0.05) is 6.07 Å². The third kappa shape index (κ3) is 2.63. The van der Waals surface area contributed by atoms with Gasteiger partial charge in [0.25, 0.3) is 0 Å². The fourth-order valence-corrected chi connectivity index (χ4v) is 2.42. The number of hydrogen-bond acceptors (Lipinski definition) is 4. The van der Waals surface area contributed by atoms with Gasteiger partial charge in [-0.3, -0.25) is 0 Å². The highest BCUT2D eigenvalue weighted by atomic mass is 16.5. The van der Waals surface area contributed by atoms with E-state index in [-0.39, 0.29) is 0 Å². The van der Waals surface area contributed by atoms with Gasteiger partial charge < -0.3 is 14.8 Å². The van der Waals surface area contributed by atoms with Crippen molar-refractivity contribution >= 4 is 10.8 Å². The van der Waals surface area contributed by atoms with Crippen molar-refractivity contribution in [1.82, 2.24) is 10.3 Å². The summed E-state index contributed by atoms with van der Waals surface area (Å²) >= 11 is 0. The summed E-state index contributed by atoms with van der Waals surface area (Å²) in [7, 11) is 1.67. The summed E-state index contributed by atoms with van der Waals surface area (Å²) in [5.41, 5.74) is 0. The van der Waals surface area contributed by atoms with E-state index in [1.165, 1.54) is 6.42 Å². The van der Waals surface area contributed by atoms with E-state index in [0.29, 0.717) is 11.8 Å². The second kappa shape index (κ2) is 5.45. The van der Waals surface area contributed by atoms with E-state index < -0.39 is 0 Å². The molecule has 1 unspecified atom stereocenters. The molecular weight excluding hydrogens is 240 g/mol. The maximum atomic E-state index is 5.90. The van der Waals surface area contributed by atoms with E-state index in [1.807, 2.05) is 24.3 Å². The first-order chi connectivity index (χ1) is 9.36. The SMILES string of the molecule is COc1ccc2ccnc(OCC3CCNC3)c2c1. The van der Waals surface area contributed by atoms with Gasteiger partial charge in [0.2, 0.25) is 5.88 Å². The number of methoxy groups -OCH3 is 1. The summed E-state index contributed by atoms with van der Waals surface area (Å²) in [5.74, 6) is 2.11. The van der Waals surface area contributed by atoms with Crippen molar-refractivity contribution in [2.75, 3.05) is 26.8 Å². The minimum absolute atomic E-state index is 0.586. The van der Waals surface area contributed by atoms with Crippen molar-refractivity contribution in [2.45, 2.75) is 6.42 Å². The van der Waals surface area contributed by atoms with Crippen LogP contribution in [0, 0.1) is 5.92 Å².